The summed E-state index contributed by atoms with van der Waals surface area (Å²) in [5, 5.41) is 12.6. The molecule has 0 saturated heterocycles. The van der Waals surface area contributed by atoms with Crippen LogP contribution in [0.25, 0.3) is 10.9 Å². The number of rotatable bonds is 7. The second kappa shape index (κ2) is 10.4. The van der Waals surface area contributed by atoms with Crippen molar-refractivity contribution in [2.75, 3.05) is 7.11 Å². The number of carbonyl (C=O) groups is 1. The van der Waals surface area contributed by atoms with Crippen molar-refractivity contribution in [1.82, 2.24) is 9.78 Å². The third-order valence-corrected chi connectivity index (χ3v) is 4.65. The summed E-state index contributed by atoms with van der Waals surface area (Å²) in [5.41, 5.74) is 4.43. The Bertz CT molecular complexity index is 982. The number of aldehydes is 1. The summed E-state index contributed by atoms with van der Waals surface area (Å²) in [6, 6.07) is 12.2. The van der Waals surface area contributed by atoms with Crippen molar-refractivity contribution in [3.05, 3.63) is 59.3 Å². The predicted molar refractivity (Wildman–Crippen MR) is 116 cm³/mol. The molecule has 5 heteroatoms. The lowest BCUT2D eigenvalue weighted by molar-refractivity contribution is -0.107. The molecule has 0 spiro atoms. The Kier molecular flexibility index (Phi) is 7.99. The van der Waals surface area contributed by atoms with Crippen molar-refractivity contribution in [3.63, 3.8) is 0 Å². The molecule has 5 nitrogen and oxygen atoms in total. The van der Waals surface area contributed by atoms with Crippen LogP contribution < -0.4 is 4.74 Å². The third kappa shape index (κ3) is 5.24. The standard InChI is InChI=1S/C23H24N2O2.CH4O/c1-5-19(10-11-26)20-6-8-22(9-7-20)27-15-18-12-17(4)23-21(13-18)14-24-25(23)16(2)3;1-2/h1,6-9,11-14,16,19H,10,15H2,2-4H3;2H,1H3/t19-;/m0./s1. The van der Waals surface area contributed by atoms with Crippen molar-refractivity contribution >= 4 is 17.2 Å². The highest BCUT2D eigenvalue weighted by molar-refractivity contribution is 5.82. The van der Waals surface area contributed by atoms with Crippen LogP contribution in [0.3, 0.4) is 0 Å². The highest BCUT2D eigenvalue weighted by atomic mass is 16.5. The molecule has 0 saturated carbocycles. The molecular weight excluding hydrogens is 364 g/mol. The van der Waals surface area contributed by atoms with Gasteiger partial charge in [0.2, 0.25) is 0 Å². The monoisotopic (exact) mass is 392 g/mol. The number of ether oxygens (including phenoxy) is 1. The SMILES string of the molecule is C#C[C@@H](CC=O)c1ccc(OCc2cc(C)c3c(cnn3C(C)C)c2)cc1.CO. The predicted octanol–water partition coefficient (Wildman–Crippen LogP) is 4.42. The summed E-state index contributed by atoms with van der Waals surface area (Å²) < 4.78 is 7.98. The number of aryl methyl sites for hydroxylation is 1. The van der Waals surface area contributed by atoms with Gasteiger partial charge in [0.1, 0.15) is 18.6 Å². The van der Waals surface area contributed by atoms with E-state index in [4.69, 9.17) is 16.3 Å². The van der Waals surface area contributed by atoms with E-state index in [9.17, 15) is 4.79 Å². The lowest BCUT2D eigenvalue weighted by Gasteiger charge is -2.12. The van der Waals surface area contributed by atoms with Gasteiger partial charge in [0.05, 0.1) is 17.6 Å². The first-order valence-electron chi connectivity index (χ1n) is 9.57. The smallest absolute Gasteiger partial charge is 0.121 e. The summed E-state index contributed by atoms with van der Waals surface area (Å²) in [4.78, 5) is 10.7. The number of carbonyl (C=O) groups excluding carboxylic acids is 1. The van der Waals surface area contributed by atoms with E-state index in [0.29, 0.717) is 19.1 Å². The molecule has 0 unspecified atom stereocenters. The first-order valence-corrected chi connectivity index (χ1v) is 9.57. The molecule has 0 aliphatic rings. The van der Waals surface area contributed by atoms with Gasteiger partial charge in [0.15, 0.2) is 0 Å². The zero-order valence-corrected chi connectivity index (χ0v) is 17.4. The van der Waals surface area contributed by atoms with E-state index < -0.39 is 0 Å². The second-order valence-corrected chi connectivity index (χ2v) is 7.01. The third-order valence-electron chi connectivity index (χ3n) is 4.65. The Morgan fingerprint density at radius 2 is 1.93 bits per heavy atom. The summed E-state index contributed by atoms with van der Waals surface area (Å²) >= 11 is 0. The normalized spacial score (nSPS) is 11.5. The minimum absolute atomic E-state index is 0.181. The molecule has 152 valence electrons. The van der Waals surface area contributed by atoms with E-state index >= 15 is 0 Å². The highest BCUT2D eigenvalue weighted by Gasteiger charge is 2.11. The van der Waals surface area contributed by atoms with Gasteiger partial charge in [-0.25, -0.2) is 0 Å². The molecule has 2 aromatic carbocycles. The fourth-order valence-corrected chi connectivity index (χ4v) is 3.31. The maximum absolute atomic E-state index is 10.7. The van der Waals surface area contributed by atoms with Gasteiger partial charge >= 0.3 is 0 Å². The molecule has 0 aliphatic heterocycles. The fraction of sp³-hybridized carbons (Fsp3) is 0.333. The Morgan fingerprint density at radius 3 is 2.52 bits per heavy atom. The summed E-state index contributed by atoms with van der Waals surface area (Å²) in [6.07, 6.45) is 8.60. The fourth-order valence-electron chi connectivity index (χ4n) is 3.31. The quantitative estimate of drug-likeness (QED) is 0.478. The van der Waals surface area contributed by atoms with E-state index in [-0.39, 0.29) is 5.92 Å². The molecule has 0 fully saturated rings. The van der Waals surface area contributed by atoms with Gasteiger partial charge in [-0.3, -0.25) is 4.68 Å². The van der Waals surface area contributed by atoms with Gasteiger partial charge in [0.25, 0.3) is 0 Å². The van der Waals surface area contributed by atoms with E-state index in [1.54, 1.807) is 0 Å². The molecule has 1 atom stereocenters. The summed E-state index contributed by atoms with van der Waals surface area (Å²) in [7, 11) is 1.00. The Labute approximate surface area is 172 Å². The van der Waals surface area contributed by atoms with Gasteiger partial charge in [-0.15, -0.1) is 6.42 Å². The number of terminal acetylenes is 1. The minimum Gasteiger partial charge on any atom is -0.489 e. The van der Waals surface area contributed by atoms with Crippen LogP contribution in [-0.4, -0.2) is 28.3 Å². The zero-order chi connectivity index (χ0) is 21.4. The molecule has 29 heavy (non-hydrogen) atoms. The van der Waals surface area contributed by atoms with E-state index in [0.717, 1.165) is 35.7 Å². The lowest BCUT2D eigenvalue weighted by Crippen LogP contribution is -2.03. The van der Waals surface area contributed by atoms with Crippen molar-refractivity contribution in [1.29, 1.82) is 0 Å². The number of benzene rings is 2. The maximum atomic E-state index is 10.7. The van der Waals surface area contributed by atoms with Gasteiger partial charge in [-0.05, 0) is 55.7 Å². The summed E-state index contributed by atoms with van der Waals surface area (Å²) in [5.74, 6) is 3.24. The van der Waals surface area contributed by atoms with E-state index in [2.05, 4.69) is 48.6 Å². The number of fused-ring (bicyclic) bond motifs is 1. The minimum atomic E-state index is -0.181. The zero-order valence-electron chi connectivity index (χ0n) is 17.4. The first kappa shape index (κ1) is 22.2. The van der Waals surface area contributed by atoms with Crippen molar-refractivity contribution < 1.29 is 14.6 Å². The molecule has 1 aromatic heterocycles. The van der Waals surface area contributed by atoms with Crippen molar-refractivity contribution in [2.45, 2.75) is 45.8 Å². The van der Waals surface area contributed by atoms with Crippen LogP contribution in [0, 0.1) is 19.3 Å². The molecule has 0 radical (unpaired) electrons. The second-order valence-electron chi connectivity index (χ2n) is 7.01. The molecular formula is C24H28N2O3. The summed E-state index contributed by atoms with van der Waals surface area (Å²) in [6.45, 7) is 6.85. The number of aromatic nitrogens is 2. The molecule has 3 rings (SSSR count). The molecule has 0 bridgehead atoms. The van der Waals surface area contributed by atoms with Crippen LogP contribution in [0.2, 0.25) is 0 Å². The molecule has 3 aromatic rings. The van der Waals surface area contributed by atoms with Crippen molar-refractivity contribution in [3.8, 4) is 18.1 Å². The number of hydrogen-bond acceptors (Lipinski definition) is 4. The van der Waals surface area contributed by atoms with Gasteiger partial charge < -0.3 is 14.6 Å². The average molecular weight is 392 g/mol. The highest BCUT2D eigenvalue weighted by Crippen LogP contribution is 2.25. The van der Waals surface area contributed by atoms with Gasteiger partial charge in [-0.1, -0.05) is 24.1 Å². The van der Waals surface area contributed by atoms with Crippen LogP contribution in [-0.2, 0) is 11.4 Å². The topological polar surface area (TPSA) is 64.3 Å². The van der Waals surface area contributed by atoms with E-state index in [1.807, 2.05) is 30.5 Å². The van der Waals surface area contributed by atoms with Crippen LogP contribution in [0.1, 0.15) is 48.9 Å². The molecule has 0 amide bonds. The van der Waals surface area contributed by atoms with Gasteiger partial charge in [-0.2, -0.15) is 5.10 Å². The van der Waals surface area contributed by atoms with Crippen LogP contribution in [0.4, 0.5) is 0 Å². The Hall–Kier alpha value is -3.10. The van der Waals surface area contributed by atoms with Gasteiger partial charge in [0, 0.05) is 25.0 Å². The Balaban J connectivity index is 0.00000145. The van der Waals surface area contributed by atoms with Crippen LogP contribution >= 0.6 is 0 Å². The van der Waals surface area contributed by atoms with Crippen LogP contribution in [0.5, 0.6) is 5.75 Å². The van der Waals surface area contributed by atoms with E-state index in [1.165, 1.54) is 11.1 Å². The number of hydrogen-bond donors (Lipinski definition) is 1. The Morgan fingerprint density at radius 1 is 1.24 bits per heavy atom. The maximum Gasteiger partial charge on any atom is 0.121 e. The lowest BCUT2D eigenvalue weighted by atomic mass is 9.97. The molecule has 1 heterocycles. The number of nitrogens with zero attached hydrogens (tertiary/aromatic N) is 2. The average Bonchev–Trinajstić information content (AvgIpc) is 3.17. The molecule has 1 N–H and O–H groups in total. The van der Waals surface area contributed by atoms with Crippen molar-refractivity contribution in [2.24, 2.45) is 0 Å². The largest absolute Gasteiger partial charge is 0.489 e. The van der Waals surface area contributed by atoms with Crippen LogP contribution in [0.15, 0.2) is 42.6 Å². The first-order chi connectivity index (χ1) is 14.0. The number of aliphatic hydroxyl groups excluding tert-OH is 1. The molecule has 0 aliphatic carbocycles. The number of aliphatic hydroxyl groups is 1.